The van der Waals surface area contributed by atoms with Gasteiger partial charge in [0.25, 0.3) is 5.91 Å². The predicted octanol–water partition coefficient (Wildman–Crippen LogP) is 3.41. The van der Waals surface area contributed by atoms with Crippen molar-refractivity contribution in [1.82, 2.24) is 5.43 Å². The van der Waals surface area contributed by atoms with E-state index in [1.807, 2.05) is 6.07 Å². The number of amides is 1. The van der Waals surface area contributed by atoms with Crippen LogP contribution in [0.15, 0.2) is 46.0 Å². The Balaban J connectivity index is 2.01. The van der Waals surface area contributed by atoms with Crippen molar-refractivity contribution in [2.24, 2.45) is 5.10 Å². The summed E-state index contributed by atoms with van der Waals surface area (Å²) in [5.74, 6) is -0.323. The summed E-state index contributed by atoms with van der Waals surface area (Å²) in [4.78, 5) is 12.4. The summed E-state index contributed by atoms with van der Waals surface area (Å²) >= 11 is 4.24. The first-order valence-corrected chi connectivity index (χ1v) is 6.61. The Morgan fingerprint density at radius 1 is 1.33 bits per heavy atom. The Hall–Kier alpha value is -1.53. The summed E-state index contributed by atoms with van der Waals surface area (Å²) in [6.45, 7) is 0. The summed E-state index contributed by atoms with van der Waals surface area (Å²) in [5.41, 5.74) is 2.87. The van der Waals surface area contributed by atoms with Gasteiger partial charge in [-0.25, -0.2) is 5.43 Å². The van der Waals surface area contributed by atoms with Crippen LogP contribution in [0.4, 0.5) is 4.39 Å². The molecular formula is C12H8BrFN2OS. The fourth-order valence-electron chi connectivity index (χ4n) is 1.26. The maximum Gasteiger partial charge on any atom is 0.272 e. The molecule has 1 amide bonds. The summed E-state index contributed by atoms with van der Waals surface area (Å²) in [5, 5.41) is 3.49. The molecule has 0 spiro atoms. The van der Waals surface area contributed by atoms with Gasteiger partial charge in [-0.1, -0.05) is 12.1 Å². The molecule has 0 saturated heterocycles. The first-order chi connectivity index (χ1) is 8.66. The number of nitrogens with one attached hydrogen (secondary N) is 1. The van der Waals surface area contributed by atoms with Crippen molar-refractivity contribution in [3.8, 4) is 0 Å². The Bertz CT molecular complexity index is 597. The Morgan fingerprint density at radius 2 is 2.11 bits per heavy atom. The van der Waals surface area contributed by atoms with E-state index in [0.717, 1.165) is 11.3 Å². The standard InChI is InChI=1S/C12H8BrFN2OS/c13-10-4-2-1-3-9(10)12(17)16-15-7-8-5-6-11(14)18-8/h1-7H,(H,16,17)/b15-7-. The first-order valence-electron chi connectivity index (χ1n) is 5.00. The van der Waals surface area contributed by atoms with E-state index < -0.39 is 0 Å². The minimum Gasteiger partial charge on any atom is -0.267 e. The Labute approximate surface area is 115 Å². The van der Waals surface area contributed by atoms with E-state index in [1.54, 1.807) is 24.3 Å². The van der Waals surface area contributed by atoms with Gasteiger partial charge in [-0.3, -0.25) is 4.79 Å². The lowest BCUT2D eigenvalue weighted by Crippen LogP contribution is -2.17. The molecule has 0 aliphatic rings. The quantitative estimate of drug-likeness (QED) is 0.681. The molecule has 0 unspecified atom stereocenters. The fraction of sp³-hybridized carbons (Fsp3) is 0. The maximum atomic E-state index is 12.7. The van der Waals surface area contributed by atoms with Crippen molar-refractivity contribution < 1.29 is 9.18 Å². The molecule has 1 heterocycles. The van der Waals surface area contributed by atoms with Crippen LogP contribution in [0.3, 0.4) is 0 Å². The van der Waals surface area contributed by atoms with E-state index in [9.17, 15) is 9.18 Å². The first kappa shape index (κ1) is 12.9. The highest BCUT2D eigenvalue weighted by Crippen LogP contribution is 2.15. The van der Waals surface area contributed by atoms with Gasteiger partial charge in [0.05, 0.1) is 16.7 Å². The molecule has 0 saturated carbocycles. The Morgan fingerprint density at radius 3 is 2.78 bits per heavy atom. The van der Waals surface area contributed by atoms with Crippen LogP contribution < -0.4 is 5.43 Å². The maximum absolute atomic E-state index is 12.7. The number of hydrogen-bond acceptors (Lipinski definition) is 3. The molecule has 3 nitrogen and oxygen atoms in total. The van der Waals surface area contributed by atoms with Crippen molar-refractivity contribution in [3.63, 3.8) is 0 Å². The topological polar surface area (TPSA) is 41.5 Å². The van der Waals surface area contributed by atoms with Gasteiger partial charge in [0, 0.05) is 4.47 Å². The second kappa shape index (κ2) is 5.88. The zero-order chi connectivity index (χ0) is 13.0. The third-order valence-electron chi connectivity index (χ3n) is 2.07. The summed E-state index contributed by atoms with van der Waals surface area (Å²) in [6, 6.07) is 9.97. The summed E-state index contributed by atoms with van der Waals surface area (Å²) in [7, 11) is 0. The van der Waals surface area contributed by atoms with Crippen molar-refractivity contribution in [2.45, 2.75) is 0 Å². The average molecular weight is 327 g/mol. The number of rotatable bonds is 3. The fourth-order valence-corrected chi connectivity index (χ4v) is 2.33. The number of carbonyl (C=O) groups excluding carboxylic acids is 1. The summed E-state index contributed by atoms with van der Waals surface area (Å²) < 4.78 is 13.4. The summed E-state index contributed by atoms with van der Waals surface area (Å²) in [6.07, 6.45) is 1.41. The smallest absolute Gasteiger partial charge is 0.267 e. The molecule has 0 fully saturated rings. The van der Waals surface area contributed by atoms with Gasteiger partial charge in [-0.15, -0.1) is 11.3 Å². The average Bonchev–Trinajstić information content (AvgIpc) is 2.75. The molecule has 2 rings (SSSR count). The second-order valence-electron chi connectivity index (χ2n) is 3.32. The van der Waals surface area contributed by atoms with Crippen LogP contribution in [0.5, 0.6) is 0 Å². The molecule has 0 atom stereocenters. The minimum absolute atomic E-state index is 0.284. The minimum atomic E-state index is -0.323. The lowest BCUT2D eigenvalue weighted by Gasteiger charge is -2.01. The number of hydrazone groups is 1. The van der Waals surface area contributed by atoms with E-state index in [2.05, 4.69) is 26.5 Å². The van der Waals surface area contributed by atoms with Gasteiger partial charge in [0.15, 0.2) is 5.13 Å². The lowest BCUT2D eigenvalue weighted by atomic mass is 10.2. The van der Waals surface area contributed by atoms with Gasteiger partial charge >= 0.3 is 0 Å². The van der Waals surface area contributed by atoms with Gasteiger partial charge in [-0.2, -0.15) is 9.49 Å². The zero-order valence-electron chi connectivity index (χ0n) is 9.06. The molecule has 2 aromatic rings. The normalized spacial score (nSPS) is 10.8. The van der Waals surface area contributed by atoms with E-state index in [0.29, 0.717) is 14.9 Å². The van der Waals surface area contributed by atoms with Crippen LogP contribution in [0, 0.1) is 5.13 Å². The van der Waals surface area contributed by atoms with Crippen molar-refractivity contribution >= 4 is 39.4 Å². The third kappa shape index (κ3) is 3.24. The molecule has 0 radical (unpaired) electrons. The highest BCUT2D eigenvalue weighted by Gasteiger charge is 2.07. The number of halogens is 2. The van der Waals surface area contributed by atoms with E-state index in [-0.39, 0.29) is 11.0 Å². The largest absolute Gasteiger partial charge is 0.272 e. The molecule has 18 heavy (non-hydrogen) atoms. The predicted molar refractivity (Wildman–Crippen MR) is 73.5 cm³/mol. The van der Waals surface area contributed by atoms with E-state index in [4.69, 9.17) is 0 Å². The molecular weight excluding hydrogens is 319 g/mol. The molecule has 92 valence electrons. The number of thiophene rings is 1. The number of benzene rings is 1. The number of carbonyl (C=O) groups is 1. The molecule has 1 aromatic carbocycles. The zero-order valence-corrected chi connectivity index (χ0v) is 11.5. The number of nitrogens with zero attached hydrogens (tertiary/aromatic N) is 1. The van der Waals surface area contributed by atoms with Crippen LogP contribution >= 0.6 is 27.3 Å². The van der Waals surface area contributed by atoms with Crippen LogP contribution in [0.2, 0.25) is 0 Å². The highest BCUT2D eigenvalue weighted by molar-refractivity contribution is 9.10. The van der Waals surface area contributed by atoms with Crippen LogP contribution in [0.1, 0.15) is 15.2 Å². The highest BCUT2D eigenvalue weighted by atomic mass is 79.9. The third-order valence-corrected chi connectivity index (χ3v) is 3.57. The SMILES string of the molecule is O=C(N/N=C\c1ccc(F)s1)c1ccccc1Br. The second-order valence-corrected chi connectivity index (χ2v) is 5.24. The molecule has 6 heteroatoms. The molecule has 0 bridgehead atoms. The van der Waals surface area contributed by atoms with E-state index >= 15 is 0 Å². The lowest BCUT2D eigenvalue weighted by molar-refractivity contribution is 0.0954. The van der Waals surface area contributed by atoms with Crippen molar-refractivity contribution in [2.75, 3.05) is 0 Å². The molecule has 0 aliphatic heterocycles. The van der Waals surface area contributed by atoms with Gasteiger partial charge in [-0.05, 0) is 40.2 Å². The van der Waals surface area contributed by atoms with Crippen LogP contribution in [-0.4, -0.2) is 12.1 Å². The van der Waals surface area contributed by atoms with E-state index in [1.165, 1.54) is 12.3 Å². The van der Waals surface area contributed by atoms with Crippen molar-refractivity contribution in [1.29, 1.82) is 0 Å². The van der Waals surface area contributed by atoms with Crippen LogP contribution in [-0.2, 0) is 0 Å². The van der Waals surface area contributed by atoms with Crippen LogP contribution in [0.25, 0.3) is 0 Å². The van der Waals surface area contributed by atoms with Gasteiger partial charge < -0.3 is 0 Å². The molecule has 1 N–H and O–H groups in total. The van der Waals surface area contributed by atoms with Gasteiger partial charge in [0.2, 0.25) is 0 Å². The molecule has 1 aromatic heterocycles. The van der Waals surface area contributed by atoms with Crippen molar-refractivity contribution in [3.05, 3.63) is 56.4 Å². The number of hydrogen-bond donors (Lipinski definition) is 1. The Kier molecular flexibility index (Phi) is 4.22. The van der Waals surface area contributed by atoms with Gasteiger partial charge in [0.1, 0.15) is 0 Å². The monoisotopic (exact) mass is 326 g/mol. The molecule has 0 aliphatic carbocycles.